The lowest BCUT2D eigenvalue weighted by molar-refractivity contribution is -0.112. The maximum absolute atomic E-state index is 12.8. The van der Waals surface area contributed by atoms with Crippen molar-refractivity contribution in [1.29, 1.82) is 0 Å². The highest BCUT2D eigenvalue weighted by molar-refractivity contribution is 7.22. The minimum Gasteiger partial charge on any atom is -0.381 e. The minimum absolute atomic E-state index is 0.0361. The maximum Gasteiger partial charge on any atom is 0.263 e. The molecule has 348 valence electrons. The zero-order valence-electron chi connectivity index (χ0n) is 38.4. The van der Waals surface area contributed by atoms with E-state index in [2.05, 4.69) is 86.2 Å². The Morgan fingerprint density at radius 1 is 0.667 bits per heavy atom. The number of hydrogen-bond donors (Lipinski definition) is 6. The van der Waals surface area contributed by atoms with Gasteiger partial charge in [0.15, 0.2) is 0 Å². The van der Waals surface area contributed by atoms with Gasteiger partial charge in [0.05, 0.1) is 45.2 Å². The first-order valence-corrected chi connectivity index (χ1v) is 24.4. The number of anilines is 5. The lowest BCUT2D eigenvalue weighted by atomic mass is 10.0. The third-order valence-electron chi connectivity index (χ3n) is 12.6. The molecule has 0 saturated carbocycles. The molecule has 6 N–H and O–H groups in total. The topological polar surface area (TPSA) is 173 Å². The summed E-state index contributed by atoms with van der Waals surface area (Å²) in [5.74, 6) is -0.568. The summed E-state index contributed by atoms with van der Waals surface area (Å²) >= 11 is 3.00. The lowest BCUT2D eigenvalue weighted by Gasteiger charge is -2.35. The van der Waals surface area contributed by atoms with Gasteiger partial charge in [-0.1, -0.05) is 31.4 Å². The molecule has 11 rings (SSSR count). The van der Waals surface area contributed by atoms with Crippen LogP contribution in [0, 0.1) is 0 Å². The monoisotopic (exact) mass is 954 g/mol. The Kier molecular flexibility index (Phi) is 12.3. The van der Waals surface area contributed by atoms with E-state index in [1.807, 2.05) is 80.6 Å². The Hall–Kier alpha value is -7.66. The third-order valence-corrected chi connectivity index (χ3v) is 14.9. The number of thiophene rings is 2. The molecule has 4 aromatic carbocycles. The molecule has 4 amide bonds. The van der Waals surface area contributed by atoms with Crippen molar-refractivity contribution in [2.24, 2.45) is 0 Å². The van der Waals surface area contributed by atoms with Gasteiger partial charge in [0, 0.05) is 99.1 Å². The van der Waals surface area contributed by atoms with Crippen molar-refractivity contribution < 1.29 is 19.2 Å². The average molecular weight is 955 g/mol. The number of nitrogens with one attached hydrogen (secondary N) is 6. The predicted molar refractivity (Wildman–Crippen MR) is 283 cm³/mol. The molecule has 3 aliphatic heterocycles. The highest BCUT2D eigenvalue weighted by Gasteiger charge is 2.27. The van der Waals surface area contributed by atoms with Gasteiger partial charge in [-0.15, -0.1) is 22.7 Å². The third kappa shape index (κ3) is 8.97. The highest BCUT2D eigenvalue weighted by Crippen LogP contribution is 2.43. The first-order chi connectivity index (χ1) is 33.4. The second-order valence-corrected chi connectivity index (χ2v) is 19.6. The quantitative estimate of drug-likeness (QED) is 0.0846. The Balaban J connectivity index is 0.000000164. The van der Waals surface area contributed by atoms with E-state index in [0.29, 0.717) is 28.5 Å². The molecule has 8 aromatic rings. The van der Waals surface area contributed by atoms with Gasteiger partial charge in [0.1, 0.15) is 9.75 Å². The van der Waals surface area contributed by atoms with Gasteiger partial charge < -0.3 is 41.7 Å². The Labute approximate surface area is 406 Å². The van der Waals surface area contributed by atoms with Gasteiger partial charge >= 0.3 is 0 Å². The molecule has 0 spiro atoms. The first kappa shape index (κ1) is 45.1. The Bertz CT molecular complexity index is 3410. The molecule has 2 atom stereocenters. The van der Waals surface area contributed by atoms with Gasteiger partial charge in [-0.3, -0.25) is 19.2 Å². The van der Waals surface area contributed by atoms with Crippen LogP contribution in [0.5, 0.6) is 0 Å². The van der Waals surface area contributed by atoms with Crippen molar-refractivity contribution in [2.45, 2.75) is 25.9 Å². The second-order valence-electron chi connectivity index (χ2n) is 17.5. The lowest BCUT2D eigenvalue weighted by Crippen LogP contribution is -2.44. The fraction of sp³-hybridized carbons (Fsp3) is 0.208. The van der Waals surface area contributed by atoms with Crippen LogP contribution in [0.4, 0.5) is 28.4 Å². The summed E-state index contributed by atoms with van der Waals surface area (Å²) in [5.41, 5.74) is 9.36. The zero-order chi connectivity index (χ0) is 47.9. The fourth-order valence-electron chi connectivity index (χ4n) is 9.02. The van der Waals surface area contributed by atoms with Gasteiger partial charge in [-0.2, -0.15) is 0 Å². The molecule has 0 radical (unpaired) electrons. The second kappa shape index (κ2) is 18.8. The SMILES string of the molecule is C=CC(=O)Nc1cc(-c2ccc3c(ccc4sc5c(c43)NCC(C)NC5=O)n2)ccc1N1CCN(C)CC1.C=CC(=O)Nc1cccc(-c2ccc3c(ccc4sc5c(c43)NC[C@@H](C)NC5=O)n2)c1. The number of aromatic nitrogens is 2. The molecule has 1 unspecified atom stereocenters. The molecule has 0 aliphatic carbocycles. The molecule has 1 fully saturated rings. The number of piperazine rings is 1. The van der Waals surface area contributed by atoms with Crippen molar-refractivity contribution in [3.63, 3.8) is 0 Å². The number of hydrogen-bond acceptors (Lipinski definition) is 12. The predicted octanol–water partition coefficient (Wildman–Crippen LogP) is 9.32. The van der Waals surface area contributed by atoms with Crippen molar-refractivity contribution in [1.82, 2.24) is 25.5 Å². The summed E-state index contributed by atoms with van der Waals surface area (Å²) in [7, 11) is 2.12. The van der Waals surface area contributed by atoms with Crippen molar-refractivity contribution in [3.05, 3.63) is 126 Å². The van der Waals surface area contributed by atoms with Crippen LogP contribution in [0.15, 0.2) is 116 Å². The number of pyridine rings is 2. The number of fused-ring (bicyclic) bond motifs is 10. The summed E-state index contributed by atoms with van der Waals surface area (Å²) in [6, 6.07) is 30.0. The molecular weight excluding hydrogens is 905 g/mol. The number of carbonyl (C=O) groups is 4. The van der Waals surface area contributed by atoms with Crippen LogP contribution in [0.3, 0.4) is 0 Å². The van der Waals surface area contributed by atoms with E-state index in [1.54, 1.807) is 0 Å². The number of rotatable bonds is 7. The van der Waals surface area contributed by atoms with E-state index in [1.165, 1.54) is 34.8 Å². The largest absolute Gasteiger partial charge is 0.381 e. The highest BCUT2D eigenvalue weighted by atomic mass is 32.1. The average Bonchev–Trinajstić information content (AvgIpc) is 3.86. The molecule has 0 bridgehead atoms. The number of amides is 4. The summed E-state index contributed by atoms with van der Waals surface area (Å²) in [5, 5.41) is 22.9. The van der Waals surface area contributed by atoms with Crippen LogP contribution in [-0.2, 0) is 9.59 Å². The first-order valence-electron chi connectivity index (χ1n) is 22.8. The van der Waals surface area contributed by atoms with Crippen LogP contribution >= 0.6 is 22.7 Å². The van der Waals surface area contributed by atoms with Crippen LogP contribution in [-0.4, -0.2) is 96.9 Å². The number of nitrogens with zero attached hydrogens (tertiary/aromatic N) is 4. The molecule has 1 saturated heterocycles. The summed E-state index contributed by atoms with van der Waals surface area (Å²) in [4.78, 5) is 65.1. The van der Waals surface area contributed by atoms with Crippen LogP contribution in [0.1, 0.15) is 33.2 Å². The van der Waals surface area contributed by atoms with Crippen LogP contribution in [0.2, 0.25) is 0 Å². The molecular formula is C53H50N10O4S2. The zero-order valence-corrected chi connectivity index (χ0v) is 40.0. The van der Waals surface area contributed by atoms with Gasteiger partial charge in [-0.05, 0) is 106 Å². The maximum atomic E-state index is 12.8. The standard InChI is InChI=1S/C29H30N6O2S.C24H20N4O2S/c1-4-25(36)33-22-15-18(5-9-23(22)35-13-11-34(3)12-14-35)20-7-6-19-21(32-20)8-10-24-26(19)27-28(38-24)29(37)31-17(2)16-30-27;1-3-20(29)27-15-6-4-5-14(11-15)17-8-7-16-18(28-17)9-10-19-21(16)22-23(31-19)24(30)26-13(2)12-25-22/h4-10,15,17,30H,1,11-14,16H2,2-3H3,(H,31,37)(H,33,36);3-11,13,25H,1,12H2,2H3,(H,26,30)(H,27,29)/t;13-/m.1/s1. The van der Waals surface area contributed by atoms with E-state index in [9.17, 15) is 19.2 Å². The van der Waals surface area contributed by atoms with E-state index in [4.69, 9.17) is 9.97 Å². The Morgan fingerprint density at radius 2 is 1.20 bits per heavy atom. The van der Waals surface area contributed by atoms with Gasteiger partial charge in [-0.25, -0.2) is 9.97 Å². The van der Waals surface area contributed by atoms with E-state index < -0.39 is 0 Å². The fourth-order valence-corrected chi connectivity index (χ4v) is 11.2. The van der Waals surface area contributed by atoms with Crippen molar-refractivity contribution in [3.8, 4) is 22.5 Å². The van der Waals surface area contributed by atoms with E-state index >= 15 is 0 Å². The number of likely N-dealkylation sites (N-methyl/N-ethyl adjacent to an activating group) is 1. The summed E-state index contributed by atoms with van der Waals surface area (Å²) in [6.45, 7) is 16.2. The number of carbonyl (C=O) groups excluding carboxylic acids is 4. The van der Waals surface area contributed by atoms with Crippen molar-refractivity contribution >= 4 is 117 Å². The van der Waals surface area contributed by atoms with E-state index in [-0.39, 0.29) is 35.7 Å². The summed E-state index contributed by atoms with van der Waals surface area (Å²) in [6.07, 6.45) is 2.53. The molecule has 16 heteroatoms. The van der Waals surface area contributed by atoms with Crippen LogP contribution < -0.4 is 36.8 Å². The Morgan fingerprint density at radius 3 is 1.75 bits per heavy atom. The van der Waals surface area contributed by atoms with Gasteiger partial charge in [0.25, 0.3) is 11.8 Å². The molecule has 4 aromatic heterocycles. The molecule has 7 heterocycles. The minimum atomic E-state index is -0.255. The van der Waals surface area contributed by atoms with Gasteiger partial charge in [0.2, 0.25) is 11.8 Å². The molecule has 3 aliphatic rings. The summed E-state index contributed by atoms with van der Waals surface area (Å²) < 4.78 is 2.11. The smallest absolute Gasteiger partial charge is 0.263 e. The normalized spacial score (nSPS) is 16.9. The van der Waals surface area contributed by atoms with Crippen LogP contribution in [0.25, 0.3) is 64.5 Å². The number of benzene rings is 4. The molecule has 14 nitrogen and oxygen atoms in total. The van der Waals surface area contributed by atoms with Crippen molar-refractivity contribution in [2.75, 3.05) is 72.5 Å². The molecule has 69 heavy (non-hydrogen) atoms. The van der Waals surface area contributed by atoms with E-state index in [0.717, 1.165) is 113 Å².